The third-order valence-corrected chi connectivity index (χ3v) is 4.26. The lowest BCUT2D eigenvalue weighted by Gasteiger charge is -2.39. The first-order chi connectivity index (χ1) is 9.50. The molecule has 1 aliphatic heterocycles. The number of benzene rings is 1. The molecule has 5 heteroatoms. The largest absolute Gasteiger partial charge is 0.339 e. The van der Waals surface area contributed by atoms with Gasteiger partial charge in [-0.2, -0.15) is 0 Å². The lowest BCUT2D eigenvalue weighted by atomic mass is 10.1. The van der Waals surface area contributed by atoms with E-state index in [4.69, 9.17) is 17.3 Å². The number of carbonyl (C=O) groups is 1. The normalized spacial score (nSPS) is 19.7. The van der Waals surface area contributed by atoms with Crippen molar-refractivity contribution in [2.45, 2.75) is 25.9 Å². The van der Waals surface area contributed by atoms with E-state index < -0.39 is 6.04 Å². The van der Waals surface area contributed by atoms with Crippen LogP contribution in [0.25, 0.3) is 0 Å². The molecule has 0 radical (unpaired) electrons. The summed E-state index contributed by atoms with van der Waals surface area (Å²) in [6.07, 6.45) is 0. The summed E-state index contributed by atoms with van der Waals surface area (Å²) in [7, 11) is 0. The van der Waals surface area contributed by atoms with Gasteiger partial charge in [-0.3, -0.25) is 9.69 Å². The van der Waals surface area contributed by atoms with E-state index in [1.165, 1.54) is 0 Å². The molecule has 4 nitrogen and oxygen atoms in total. The summed E-state index contributed by atoms with van der Waals surface area (Å²) in [5.74, 6) is 0.0371. The van der Waals surface area contributed by atoms with E-state index in [-0.39, 0.29) is 11.9 Å². The minimum absolute atomic E-state index is 0.0371. The Kier molecular flexibility index (Phi) is 5.02. The van der Waals surface area contributed by atoms with Crippen molar-refractivity contribution in [2.75, 3.05) is 26.2 Å². The molecule has 2 atom stereocenters. The first kappa shape index (κ1) is 15.3. The van der Waals surface area contributed by atoms with Crippen LogP contribution < -0.4 is 5.73 Å². The van der Waals surface area contributed by atoms with Crippen molar-refractivity contribution in [1.29, 1.82) is 0 Å². The molecule has 1 fully saturated rings. The zero-order valence-electron chi connectivity index (χ0n) is 12.1. The Morgan fingerprint density at radius 1 is 1.20 bits per heavy atom. The van der Waals surface area contributed by atoms with E-state index in [0.29, 0.717) is 0 Å². The minimum atomic E-state index is -0.414. The molecular formula is C15H22ClN3O. The summed E-state index contributed by atoms with van der Waals surface area (Å²) in [5, 5.41) is 0.800. The molecule has 20 heavy (non-hydrogen) atoms. The molecule has 1 amide bonds. The zero-order chi connectivity index (χ0) is 14.7. The summed E-state index contributed by atoms with van der Waals surface area (Å²) in [4.78, 5) is 16.1. The zero-order valence-corrected chi connectivity index (χ0v) is 12.8. The lowest BCUT2D eigenvalue weighted by molar-refractivity contribution is -0.134. The summed E-state index contributed by atoms with van der Waals surface area (Å²) in [6, 6.07) is 7.78. The monoisotopic (exact) mass is 295 g/mol. The van der Waals surface area contributed by atoms with Crippen LogP contribution in [0.3, 0.4) is 0 Å². The van der Waals surface area contributed by atoms with Gasteiger partial charge in [0, 0.05) is 37.2 Å². The molecule has 1 unspecified atom stereocenters. The van der Waals surface area contributed by atoms with E-state index in [1.54, 1.807) is 6.92 Å². The molecule has 2 N–H and O–H groups in total. The Bertz CT molecular complexity index is 470. The van der Waals surface area contributed by atoms with E-state index in [0.717, 1.165) is 36.8 Å². The Balaban J connectivity index is 1.97. The second kappa shape index (κ2) is 6.57. The Morgan fingerprint density at radius 3 is 2.35 bits per heavy atom. The number of hydrogen-bond donors (Lipinski definition) is 1. The SMILES string of the molecule is CC(c1ccccc1Cl)N1CCN(C(=O)[C@@H](C)N)CC1. The van der Waals surface area contributed by atoms with Crippen molar-refractivity contribution >= 4 is 17.5 Å². The van der Waals surface area contributed by atoms with Crippen LogP contribution in [0.5, 0.6) is 0 Å². The van der Waals surface area contributed by atoms with E-state index in [9.17, 15) is 4.79 Å². The summed E-state index contributed by atoms with van der Waals surface area (Å²) in [5.41, 5.74) is 6.79. The van der Waals surface area contributed by atoms with E-state index in [1.807, 2.05) is 23.1 Å². The van der Waals surface area contributed by atoms with Crippen molar-refractivity contribution in [2.24, 2.45) is 5.73 Å². The Morgan fingerprint density at radius 2 is 1.80 bits per heavy atom. The third-order valence-electron chi connectivity index (χ3n) is 3.92. The topological polar surface area (TPSA) is 49.6 Å². The Hall–Kier alpha value is -1.10. The van der Waals surface area contributed by atoms with Crippen LogP contribution in [0.1, 0.15) is 25.5 Å². The van der Waals surface area contributed by atoms with Gasteiger partial charge in [-0.25, -0.2) is 0 Å². The van der Waals surface area contributed by atoms with Crippen molar-refractivity contribution in [1.82, 2.24) is 9.80 Å². The lowest BCUT2D eigenvalue weighted by Crippen LogP contribution is -2.52. The van der Waals surface area contributed by atoms with Gasteiger partial charge in [0.05, 0.1) is 6.04 Å². The van der Waals surface area contributed by atoms with Crippen LogP contribution in [0.2, 0.25) is 5.02 Å². The molecule has 1 aromatic carbocycles. The second-order valence-electron chi connectivity index (χ2n) is 5.35. The number of nitrogens with zero attached hydrogens (tertiary/aromatic N) is 2. The fourth-order valence-electron chi connectivity index (χ4n) is 2.63. The molecule has 1 aliphatic rings. The number of rotatable bonds is 3. The number of carbonyl (C=O) groups excluding carboxylic acids is 1. The number of hydrogen-bond acceptors (Lipinski definition) is 3. The maximum atomic E-state index is 11.9. The molecule has 110 valence electrons. The molecule has 2 rings (SSSR count). The highest BCUT2D eigenvalue weighted by Crippen LogP contribution is 2.27. The van der Waals surface area contributed by atoms with Crippen LogP contribution in [-0.2, 0) is 4.79 Å². The van der Waals surface area contributed by atoms with Gasteiger partial charge in [0.25, 0.3) is 0 Å². The van der Waals surface area contributed by atoms with Crippen LogP contribution in [0, 0.1) is 0 Å². The minimum Gasteiger partial charge on any atom is -0.339 e. The molecular weight excluding hydrogens is 274 g/mol. The molecule has 0 aromatic heterocycles. The molecule has 0 spiro atoms. The smallest absolute Gasteiger partial charge is 0.239 e. The summed E-state index contributed by atoms with van der Waals surface area (Å²) < 4.78 is 0. The number of amides is 1. The van der Waals surface area contributed by atoms with Gasteiger partial charge in [-0.15, -0.1) is 0 Å². The van der Waals surface area contributed by atoms with Gasteiger partial charge in [-0.05, 0) is 25.5 Å². The van der Waals surface area contributed by atoms with Crippen LogP contribution in [0.15, 0.2) is 24.3 Å². The van der Waals surface area contributed by atoms with Gasteiger partial charge < -0.3 is 10.6 Å². The Labute approximate surface area is 125 Å². The highest BCUT2D eigenvalue weighted by atomic mass is 35.5. The number of halogens is 1. The highest BCUT2D eigenvalue weighted by molar-refractivity contribution is 6.31. The first-order valence-electron chi connectivity index (χ1n) is 7.03. The molecule has 0 saturated carbocycles. The van der Waals surface area contributed by atoms with Crippen molar-refractivity contribution in [3.63, 3.8) is 0 Å². The van der Waals surface area contributed by atoms with Gasteiger partial charge in [-0.1, -0.05) is 29.8 Å². The maximum Gasteiger partial charge on any atom is 0.239 e. The van der Waals surface area contributed by atoms with Gasteiger partial charge >= 0.3 is 0 Å². The summed E-state index contributed by atoms with van der Waals surface area (Å²) >= 11 is 6.25. The molecule has 0 aliphatic carbocycles. The van der Waals surface area contributed by atoms with E-state index in [2.05, 4.69) is 17.9 Å². The highest BCUT2D eigenvalue weighted by Gasteiger charge is 2.26. The van der Waals surface area contributed by atoms with Crippen molar-refractivity contribution in [3.05, 3.63) is 34.9 Å². The maximum absolute atomic E-state index is 11.9. The standard InChI is InChI=1S/C15H22ClN3O/c1-11(17)15(20)19-9-7-18(8-10-19)12(2)13-5-3-4-6-14(13)16/h3-6,11-12H,7-10,17H2,1-2H3/t11-,12?/m1/s1. The molecule has 0 bridgehead atoms. The molecule has 1 aromatic rings. The van der Waals surface area contributed by atoms with Gasteiger partial charge in [0.15, 0.2) is 0 Å². The third kappa shape index (κ3) is 3.32. The molecule has 1 saturated heterocycles. The van der Waals surface area contributed by atoms with Crippen LogP contribution in [-0.4, -0.2) is 47.9 Å². The van der Waals surface area contributed by atoms with Crippen LogP contribution >= 0.6 is 11.6 Å². The van der Waals surface area contributed by atoms with Crippen molar-refractivity contribution < 1.29 is 4.79 Å². The van der Waals surface area contributed by atoms with Gasteiger partial charge in [0.1, 0.15) is 0 Å². The van der Waals surface area contributed by atoms with Gasteiger partial charge in [0.2, 0.25) is 5.91 Å². The van der Waals surface area contributed by atoms with Crippen LogP contribution in [0.4, 0.5) is 0 Å². The first-order valence-corrected chi connectivity index (χ1v) is 7.41. The molecule has 1 heterocycles. The second-order valence-corrected chi connectivity index (χ2v) is 5.75. The number of nitrogens with two attached hydrogens (primary N) is 1. The average Bonchev–Trinajstić information content (AvgIpc) is 2.46. The average molecular weight is 296 g/mol. The van der Waals surface area contributed by atoms with Crippen molar-refractivity contribution in [3.8, 4) is 0 Å². The predicted octanol–water partition coefficient (Wildman–Crippen LogP) is 1.89. The summed E-state index contributed by atoms with van der Waals surface area (Å²) in [6.45, 7) is 7.06. The van der Waals surface area contributed by atoms with E-state index >= 15 is 0 Å². The fourth-order valence-corrected chi connectivity index (χ4v) is 2.92. The fraction of sp³-hybridized carbons (Fsp3) is 0.533. The predicted molar refractivity (Wildman–Crippen MR) is 81.7 cm³/mol. The quantitative estimate of drug-likeness (QED) is 0.926. The number of piperazine rings is 1.